The number of aromatic carboxylic acids is 1. The Morgan fingerprint density at radius 3 is 2.39 bits per heavy atom. The van der Waals surface area contributed by atoms with E-state index in [0.29, 0.717) is 5.69 Å². The fraction of sp³-hybridized carbons (Fsp3) is 0.190. The second-order valence-corrected chi connectivity index (χ2v) is 8.12. The first-order valence-corrected chi connectivity index (χ1v) is 10.1. The van der Waals surface area contributed by atoms with Crippen LogP contribution in [0.3, 0.4) is 0 Å². The number of nitrogens with zero attached hydrogens (tertiary/aromatic N) is 4. The monoisotopic (exact) mass is 439 g/mol. The maximum Gasteiger partial charge on any atom is 0.335 e. The minimum Gasteiger partial charge on any atom is -0.478 e. The number of nitrogens with two attached hydrogens (primary N) is 1. The molecule has 3 rings (SSSR count). The standard InChI is InChI=1S/C21H21N5O4S/c1-25(2)15-7-3-13(4-8-15)12-23-24-21(22)31-17-11-18(27)26(19(17)28)16-9-5-14(6-10-16)20(29)30/h3-10,12,17H,11H2,1-2H3,(H2,22,24)(H,29,30)/b23-12-/t17-/m0/s1. The number of amidine groups is 1. The molecule has 0 unspecified atom stereocenters. The third kappa shape index (κ3) is 5.28. The molecule has 0 radical (unpaired) electrons. The predicted molar refractivity (Wildman–Crippen MR) is 122 cm³/mol. The Kier molecular flexibility index (Phi) is 6.71. The summed E-state index contributed by atoms with van der Waals surface area (Å²) in [5.41, 5.74) is 8.16. The van der Waals surface area contributed by atoms with Crippen LogP contribution >= 0.6 is 11.8 Å². The molecule has 2 aromatic rings. The molecule has 0 aromatic heterocycles. The van der Waals surface area contributed by atoms with Crippen LogP contribution in [0.5, 0.6) is 0 Å². The summed E-state index contributed by atoms with van der Waals surface area (Å²) in [6.45, 7) is 0. The molecule has 0 spiro atoms. The van der Waals surface area contributed by atoms with Crippen LogP contribution in [0.15, 0.2) is 58.7 Å². The normalized spacial score (nSPS) is 16.9. The number of carboxylic acid groups (broad SMARTS) is 1. The van der Waals surface area contributed by atoms with E-state index < -0.39 is 17.1 Å². The van der Waals surface area contributed by atoms with Crippen molar-refractivity contribution < 1.29 is 19.5 Å². The van der Waals surface area contributed by atoms with Gasteiger partial charge in [-0.2, -0.15) is 5.10 Å². The van der Waals surface area contributed by atoms with Gasteiger partial charge in [0.25, 0.3) is 0 Å². The summed E-state index contributed by atoms with van der Waals surface area (Å²) in [7, 11) is 3.90. The van der Waals surface area contributed by atoms with Crippen molar-refractivity contribution in [3.05, 3.63) is 59.7 Å². The number of carbonyl (C=O) groups is 3. The van der Waals surface area contributed by atoms with E-state index >= 15 is 0 Å². The summed E-state index contributed by atoms with van der Waals surface area (Å²) in [4.78, 5) is 39.0. The van der Waals surface area contributed by atoms with E-state index in [1.165, 1.54) is 24.3 Å². The second-order valence-electron chi connectivity index (χ2n) is 6.90. The van der Waals surface area contributed by atoms with Crippen molar-refractivity contribution in [3.63, 3.8) is 0 Å². The number of benzene rings is 2. The molecule has 0 bridgehead atoms. The molecule has 2 amide bonds. The molecule has 1 aliphatic rings. The molecular formula is C21H21N5O4S. The number of thioether (sulfide) groups is 1. The van der Waals surface area contributed by atoms with Crippen molar-refractivity contribution in [2.45, 2.75) is 11.7 Å². The van der Waals surface area contributed by atoms with Gasteiger partial charge in [0.15, 0.2) is 5.17 Å². The third-order valence-electron chi connectivity index (χ3n) is 4.51. The number of rotatable bonds is 6. The number of amides is 2. The highest BCUT2D eigenvalue weighted by atomic mass is 32.2. The van der Waals surface area contributed by atoms with Crippen LogP contribution in [0, 0.1) is 0 Å². The van der Waals surface area contributed by atoms with Gasteiger partial charge in [-0.3, -0.25) is 9.59 Å². The van der Waals surface area contributed by atoms with Crippen molar-refractivity contribution in [3.8, 4) is 0 Å². The molecule has 0 saturated carbocycles. The zero-order valence-electron chi connectivity index (χ0n) is 16.9. The number of carbonyl (C=O) groups excluding carboxylic acids is 2. The van der Waals surface area contributed by atoms with E-state index in [1.54, 1.807) is 6.21 Å². The molecule has 1 aliphatic heterocycles. The van der Waals surface area contributed by atoms with Gasteiger partial charge >= 0.3 is 5.97 Å². The average Bonchev–Trinajstić information content (AvgIpc) is 3.01. The highest BCUT2D eigenvalue weighted by Crippen LogP contribution is 2.30. The summed E-state index contributed by atoms with van der Waals surface area (Å²) >= 11 is 0.968. The van der Waals surface area contributed by atoms with Gasteiger partial charge in [0, 0.05) is 26.2 Å². The fourth-order valence-corrected chi connectivity index (χ4v) is 3.72. The van der Waals surface area contributed by atoms with Crippen molar-refractivity contribution in [1.82, 2.24) is 0 Å². The van der Waals surface area contributed by atoms with Gasteiger partial charge in [0.2, 0.25) is 11.8 Å². The van der Waals surface area contributed by atoms with E-state index in [9.17, 15) is 14.4 Å². The molecule has 31 heavy (non-hydrogen) atoms. The van der Waals surface area contributed by atoms with Crippen molar-refractivity contribution >= 4 is 52.3 Å². The van der Waals surface area contributed by atoms with Crippen molar-refractivity contribution in [2.75, 3.05) is 23.9 Å². The van der Waals surface area contributed by atoms with E-state index in [0.717, 1.165) is 27.9 Å². The molecule has 1 fully saturated rings. The molecule has 1 atom stereocenters. The maximum absolute atomic E-state index is 12.7. The third-order valence-corrected chi connectivity index (χ3v) is 5.49. The second kappa shape index (κ2) is 9.43. The van der Waals surface area contributed by atoms with Crippen LogP contribution in [0.2, 0.25) is 0 Å². The van der Waals surface area contributed by atoms with Crippen LogP contribution in [0.4, 0.5) is 11.4 Å². The predicted octanol–water partition coefficient (Wildman–Crippen LogP) is 2.16. The van der Waals surface area contributed by atoms with Gasteiger partial charge in [-0.1, -0.05) is 23.9 Å². The maximum atomic E-state index is 12.7. The van der Waals surface area contributed by atoms with Gasteiger partial charge in [-0.05, 0) is 42.0 Å². The van der Waals surface area contributed by atoms with Crippen LogP contribution < -0.4 is 15.5 Å². The number of hydrogen-bond acceptors (Lipinski definition) is 7. The Labute approximate surface area is 183 Å². The smallest absolute Gasteiger partial charge is 0.335 e. The van der Waals surface area contributed by atoms with Crippen LogP contribution in [0.1, 0.15) is 22.3 Å². The molecule has 9 nitrogen and oxygen atoms in total. The highest BCUT2D eigenvalue weighted by molar-refractivity contribution is 8.14. The molecule has 160 valence electrons. The lowest BCUT2D eigenvalue weighted by Gasteiger charge is -2.14. The van der Waals surface area contributed by atoms with Gasteiger partial charge in [-0.25, -0.2) is 9.69 Å². The molecule has 3 N–H and O–H groups in total. The Bertz CT molecular complexity index is 1050. The Balaban J connectivity index is 1.63. The Morgan fingerprint density at radius 1 is 1.16 bits per heavy atom. The molecule has 1 heterocycles. The van der Waals surface area contributed by atoms with E-state index in [4.69, 9.17) is 10.8 Å². The van der Waals surface area contributed by atoms with Crippen molar-refractivity contribution in [1.29, 1.82) is 0 Å². The van der Waals surface area contributed by atoms with Gasteiger partial charge < -0.3 is 15.7 Å². The summed E-state index contributed by atoms with van der Waals surface area (Å²) < 4.78 is 0. The number of hydrogen-bond donors (Lipinski definition) is 2. The first kappa shape index (κ1) is 22.0. The molecule has 2 aromatic carbocycles. The first-order valence-electron chi connectivity index (χ1n) is 9.27. The van der Waals surface area contributed by atoms with Gasteiger partial charge in [0.05, 0.1) is 17.5 Å². The average molecular weight is 439 g/mol. The molecule has 10 heteroatoms. The number of anilines is 2. The molecular weight excluding hydrogens is 418 g/mol. The summed E-state index contributed by atoms with van der Waals surface area (Å²) in [5, 5.41) is 16.2. The van der Waals surface area contributed by atoms with E-state index in [2.05, 4.69) is 10.2 Å². The van der Waals surface area contributed by atoms with Gasteiger partial charge in [0.1, 0.15) is 5.25 Å². The van der Waals surface area contributed by atoms with Crippen molar-refractivity contribution in [2.24, 2.45) is 15.9 Å². The molecule has 0 aliphatic carbocycles. The van der Waals surface area contributed by atoms with Crippen LogP contribution in [-0.2, 0) is 9.59 Å². The lowest BCUT2D eigenvalue weighted by molar-refractivity contribution is -0.121. The zero-order valence-corrected chi connectivity index (χ0v) is 17.7. The minimum absolute atomic E-state index is 0.0316. The SMILES string of the molecule is CN(C)c1ccc(/C=N\N=C(N)S[C@H]2CC(=O)N(c3ccc(C(=O)O)cc3)C2=O)cc1. The summed E-state index contributed by atoms with van der Waals surface area (Å²) in [6, 6.07) is 13.2. The minimum atomic E-state index is -1.09. The number of imide groups is 1. The molecule has 1 saturated heterocycles. The highest BCUT2D eigenvalue weighted by Gasteiger charge is 2.40. The lowest BCUT2D eigenvalue weighted by Crippen LogP contribution is -2.31. The van der Waals surface area contributed by atoms with Gasteiger partial charge in [-0.15, -0.1) is 5.10 Å². The first-order chi connectivity index (χ1) is 14.8. The number of carboxylic acids is 1. The largest absolute Gasteiger partial charge is 0.478 e. The lowest BCUT2D eigenvalue weighted by atomic mass is 10.2. The summed E-state index contributed by atoms with van der Waals surface area (Å²) in [6.07, 6.45) is 1.51. The zero-order chi connectivity index (χ0) is 22.5. The fourth-order valence-electron chi connectivity index (χ4n) is 2.90. The Hall–Kier alpha value is -3.66. The van der Waals surface area contributed by atoms with Crippen LogP contribution in [-0.4, -0.2) is 53.6 Å². The van der Waals surface area contributed by atoms with E-state index in [-0.39, 0.29) is 23.1 Å². The quantitative estimate of drug-likeness (QED) is 0.305. The topological polar surface area (TPSA) is 129 Å². The Morgan fingerprint density at radius 2 is 1.81 bits per heavy atom. The van der Waals surface area contributed by atoms with Crippen LogP contribution in [0.25, 0.3) is 0 Å². The van der Waals surface area contributed by atoms with E-state index in [1.807, 2.05) is 43.3 Å². The summed E-state index contributed by atoms with van der Waals surface area (Å²) in [5.74, 6) is -1.90.